The maximum atomic E-state index is 15.4. The zero-order chi connectivity index (χ0) is 24.6. The van der Waals surface area contributed by atoms with Crippen LogP contribution in [0.1, 0.15) is 27.8 Å². The van der Waals surface area contributed by atoms with Gasteiger partial charge in [0.25, 0.3) is 5.91 Å². The quantitative estimate of drug-likeness (QED) is 0.407. The van der Waals surface area contributed by atoms with E-state index in [9.17, 15) is 18.0 Å². The predicted octanol–water partition coefficient (Wildman–Crippen LogP) is 4.61. The molecule has 7 nitrogen and oxygen atoms in total. The minimum absolute atomic E-state index is 0.0600. The third kappa shape index (κ3) is 4.29. The summed E-state index contributed by atoms with van der Waals surface area (Å²) in [5.41, 5.74) is 1.31. The number of halogens is 1. The molecule has 0 aliphatic heterocycles. The molecule has 174 valence electrons. The fourth-order valence-electron chi connectivity index (χ4n) is 3.69. The lowest BCUT2D eigenvalue weighted by Crippen LogP contribution is -2.13. The van der Waals surface area contributed by atoms with Gasteiger partial charge in [-0.15, -0.1) is 0 Å². The number of amides is 1. The molecule has 0 aliphatic carbocycles. The number of hydrogen-bond acceptors (Lipinski definition) is 5. The van der Waals surface area contributed by atoms with E-state index in [1.165, 1.54) is 50.4 Å². The van der Waals surface area contributed by atoms with E-state index in [1.807, 2.05) is 0 Å². The molecular weight excluding hydrogens is 459 g/mol. The summed E-state index contributed by atoms with van der Waals surface area (Å²) in [6.07, 6.45) is 2.70. The molecule has 0 unspecified atom stereocenters. The lowest BCUT2D eigenvalue weighted by molar-refractivity contribution is 0.101. The Bertz CT molecular complexity index is 1560. The zero-order valence-corrected chi connectivity index (χ0v) is 19.4. The molecule has 0 radical (unpaired) electrons. The normalized spacial score (nSPS) is 11.4. The second kappa shape index (κ2) is 8.75. The van der Waals surface area contributed by atoms with Crippen molar-refractivity contribution in [3.63, 3.8) is 0 Å². The van der Waals surface area contributed by atoms with Gasteiger partial charge in [-0.2, -0.15) is 0 Å². The first kappa shape index (κ1) is 23.2. The number of nitrogens with zero attached hydrogens (tertiary/aromatic N) is 1. The van der Waals surface area contributed by atoms with Crippen molar-refractivity contribution in [1.29, 1.82) is 0 Å². The van der Waals surface area contributed by atoms with Gasteiger partial charge in [0.2, 0.25) is 0 Å². The van der Waals surface area contributed by atoms with Crippen molar-refractivity contribution in [3.8, 4) is 16.9 Å². The molecule has 1 N–H and O–H groups in total. The summed E-state index contributed by atoms with van der Waals surface area (Å²) in [5.74, 6) is -1.07. The minimum atomic E-state index is -3.47. The van der Waals surface area contributed by atoms with Crippen LogP contribution in [0.25, 0.3) is 16.6 Å². The number of carbonyl (C=O) groups excluding carboxylic acids is 2. The second-order valence-corrected chi connectivity index (χ2v) is 9.76. The smallest absolute Gasteiger partial charge is 0.257 e. The monoisotopic (exact) mass is 480 g/mol. The first-order valence-corrected chi connectivity index (χ1v) is 12.1. The van der Waals surface area contributed by atoms with E-state index in [-0.39, 0.29) is 27.5 Å². The maximum absolute atomic E-state index is 15.4. The number of hydrogen-bond donors (Lipinski definition) is 1. The van der Waals surface area contributed by atoms with E-state index in [2.05, 4.69) is 5.32 Å². The standard InChI is InChI=1S/C25H21FN2O5S/c1-15(29)22-14-20(23-13-17(33-2)10-11-28(22)23)25(30)27-21-9-5-8-19(24(21)26)16-6-4-7-18(12-16)34(3,31)32/h4-14H,1-3H3,(H,27,30). The molecule has 34 heavy (non-hydrogen) atoms. The van der Waals surface area contributed by atoms with Crippen molar-refractivity contribution >= 4 is 32.7 Å². The topological polar surface area (TPSA) is 93.9 Å². The van der Waals surface area contributed by atoms with Crippen LogP contribution < -0.4 is 10.1 Å². The Morgan fingerprint density at radius 2 is 1.76 bits per heavy atom. The van der Waals surface area contributed by atoms with Crippen LogP contribution >= 0.6 is 0 Å². The Kier molecular flexibility index (Phi) is 5.97. The molecule has 2 heterocycles. The number of nitrogens with one attached hydrogen (secondary N) is 1. The van der Waals surface area contributed by atoms with Gasteiger partial charge in [0.15, 0.2) is 21.4 Å². The van der Waals surface area contributed by atoms with Crippen molar-refractivity contribution in [2.45, 2.75) is 11.8 Å². The zero-order valence-electron chi connectivity index (χ0n) is 18.6. The lowest BCUT2D eigenvalue weighted by Gasteiger charge is -2.11. The summed E-state index contributed by atoms with van der Waals surface area (Å²) in [7, 11) is -1.99. The van der Waals surface area contributed by atoms with E-state index < -0.39 is 21.6 Å². The summed E-state index contributed by atoms with van der Waals surface area (Å²) in [5, 5.41) is 2.57. The molecular formula is C25H21FN2O5S. The van der Waals surface area contributed by atoms with Crippen LogP contribution in [0.4, 0.5) is 10.1 Å². The van der Waals surface area contributed by atoms with Gasteiger partial charge < -0.3 is 14.5 Å². The summed E-state index contributed by atoms with van der Waals surface area (Å²) in [6, 6.07) is 15.1. The summed E-state index contributed by atoms with van der Waals surface area (Å²) < 4.78 is 46.0. The molecule has 9 heteroatoms. The summed E-state index contributed by atoms with van der Waals surface area (Å²) >= 11 is 0. The van der Waals surface area contributed by atoms with Gasteiger partial charge >= 0.3 is 0 Å². The molecule has 4 aromatic rings. The van der Waals surface area contributed by atoms with Gasteiger partial charge in [-0.05, 0) is 35.9 Å². The third-order valence-corrected chi connectivity index (χ3v) is 6.51. The number of methoxy groups -OCH3 is 1. The van der Waals surface area contributed by atoms with Crippen LogP contribution in [0.5, 0.6) is 5.75 Å². The fourth-order valence-corrected chi connectivity index (χ4v) is 4.36. The first-order valence-electron chi connectivity index (χ1n) is 10.2. The molecule has 0 saturated carbocycles. The average Bonchev–Trinajstić information content (AvgIpc) is 3.19. The van der Waals surface area contributed by atoms with E-state index in [1.54, 1.807) is 34.9 Å². The van der Waals surface area contributed by atoms with Gasteiger partial charge in [0.05, 0.1) is 34.5 Å². The molecule has 1 amide bonds. The Morgan fingerprint density at radius 1 is 1.03 bits per heavy atom. The van der Waals surface area contributed by atoms with Crippen molar-refractivity contribution in [1.82, 2.24) is 4.40 Å². The van der Waals surface area contributed by atoms with E-state index in [4.69, 9.17) is 4.74 Å². The highest BCUT2D eigenvalue weighted by atomic mass is 32.2. The molecule has 0 fully saturated rings. The Balaban J connectivity index is 1.74. The fraction of sp³-hybridized carbons (Fsp3) is 0.120. The second-order valence-electron chi connectivity index (χ2n) is 7.74. The van der Waals surface area contributed by atoms with Crippen molar-refractivity contribution in [2.75, 3.05) is 18.7 Å². The molecule has 4 rings (SSSR count). The highest BCUT2D eigenvalue weighted by Crippen LogP contribution is 2.30. The SMILES string of the molecule is COc1ccn2c(C(C)=O)cc(C(=O)Nc3cccc(-c4cccc(S(C)(=O)=O)c4)c3F)c2c1. The minimum Gasteiger partial charge on any atom is -0.497 e. The highest BCUT2D eigenvalue weighted by molar-refractivity contribution is 7.90. The Labute approximate surface area is 195 Å². The van der Waals surface area contributed by atoms with Gasteiger partial charge in [-0.1, -0.05) is 24.3 Å². The van der Waals surface area contributed by atoms with Crippen molar-refractivity contribution in [3.05, 3.63) is 83.9 Å². The highest BCUT2D eigenvalue weighted by Gasteiger charge is 2.20. The van der Waals surface area contributed by atoms with Crippen molar-refractivity contribution in [2.24, 2.45) is 0 Å². The van der Waals surface area contributed by atoms with Crippen LogP contribution in [0.2, 0.25) is 0 Å². The largest absolute Gasteiger partial charge is 0.497 e. The van der Waals surface area contributed by atoms with Crippen LogP contribution in [-0.2, 0) is 9.84 Å². The Morgan fingerprint density at radius 3 is 2.44 bits per heavy atom. The van der Waals surface area contributed by atoms with Gasteiger partial charge in [-0.25, -0.2) is 12.8 Å². The molecule has 2 aromatic carbocycles. The number of Topliss-reactive ketones (excluding diaryl/α,β-unsaturated/α-hetero) is 1. The molecule has 0 spiro atoms. The lowest BCUT2D eigenvalue weighted by atomic mass is 10.0. The number of fused-ring (bicyclic) bond motifs is 1. The van der Waals surface area contributed by atoms with Crippen LogP contribution in [-0.4, -0.2) is 37.9 Å². The number of benzene rings is 2. The van der Waals surface area contributed by atoms with Crippen molar-refractivity contribution < 1.29 is 27.1 Å². The molecule has 0 atom stereocenters. The van der Waals surface area contributed by atoms with Gasteiger partial charge in [0, 0.05) is 31.0 Å². The number of ketones is 1. The van der Waals surface area contributed by atoms with Crippen LogP contribution in [0.15, 0.2) is 71.8 Å². The number of sulfone groups is 1. The number of ether oxygens (including phenoxy) is 1. The van der Waals surface area contributed by atoms with E-state index in [0.29, 0.717) is 22.5 Å². The molecule has 0 saturated heterocycles. The van der Waals surface area contributed by atoms with E-state index >= 15 is 4.39 Å². The third-order valence-electron chi connectivity index (χ3n) is 5.40. The van der Waals surface area contributed by atoms with Gasteiger partial charge in [0.1, 0.15) is 5.75 Å². The molecule has 0 aliphatic rings. The number of aromatic nitrogens is 1. The maximum Gasteiger partial charge on any atom is 0.257 e. The van der Waals surface area contributed by atoms with Crippen LogP contribution in [0, 0.1) is 5.82 Å². The predicted molar refractivity (Wildman–Crippen MR) is 127 cm³/mol. The van der Waals surface area contributed by atoms with Crippen LogP contribution in [0.3, 0.4) is 0 Å². The number of pyridine rings is 1. The Hall–Kier alpha value is -3.98. The summed E-state index contributed by atoms with van der Waals surface area (Å²) in [6.45, 7) is 1.39. The molecule has 0 bridgehead atoms. The first-order chi connectivity index (χ1) is 16.1. The summed E-state index contributed by atoms with van der Waals surface area (Å²) in [4.78, 5) is 25.3. The average molecular weight is 481 g/mol. The number of rotatable bonds is 6. The van der Waals surface area contributed by atoms with E-state index in [0.717, 1.165) is 6.26 Å². The number of carbonyl (C=O) groups is 2. The molecule has 2 aromatic heterocycles. The number of anilines is 1. The van der Waals surface area contributed by atoms with Gasteiger partial charge in [-0.3, -0.25) is 9.59 Å².